The van der Waals surface area contributed by atoms with Crippen LogP contribution in [-0.4, -0.2) is 56.0 Å². The summed E-state index contributed by atoms with van der Waals surface area (Å²) < 4.78 is 40.6. The molecule has 0 aliphatic carbocycles. The van der Waals surface area contributed by atoms with Crippen molar-refractivity contribution in [1.29, 1.82) is 0 Å². The number of nitrogens with zero attached hydrogens (tertiary/aromatic N) is 1. The number of rotatable bonds is 6. The first kappa shape index (κ1) is 16.7. The predicted molar refractivity (Wildman–Crippen MR) is 69.2 cm³/mol. The minimum absolute atomic E-state index is 0.136. The molecular weight excluding hydrogens is 257 g/mol. The van der Waals surface area contributed by atoms with E-state index in [9.17, 15) is 13.2 Å². The van der Waals surface area contributed by atoms with Gasteiger partial charge in [0, 0.05) is 31.7 Å². The van der Waals surface area contributed by atoms with Crippen molar-refractivity contribution in [2.45, 2.75) is 45.5 Å². The predicted octanol–water partition coefficient (Wildman–Crippen LogP) is 2.27. The van der Waals surface area contributed by atoms with Crippen molar-refractivity contribution in [3.63, 3.8) is 0 Å². The first-order chi connectivity index (χ1) is 8.83. The number of hydrogen-bond acceptors (Lipinski definition) is 3. The molecule has 1 fully saturated rings. The zero-order valence-electron chi connectivity index (χ0n) is 12.0. The van der Waals surface area contributed by atoms with Gasteiger partial charge >= 0.3 is 6.18 Å². The highest BCUT2D eigenvalue weighted by Gasteiger charge is 2.29. The minimum Gasteiger partial charge on any atom is -0.371 e. The van der Waals surface area contributed by atoms with E-state index in [4.69, 9.17) is 0 Å². The SMILES string of the molecule is CCC(C)C1CN(CCOCC(F)(F)F)C(C)CN1. The van der Waals surface area contributed by atoms with Gasteiger partial charge in [0.25, 0.3) is 0 Å². The van der Waals surface area contributed by atoms with Gasteiger partial charge in [-0.1, -0.05) is 20.3 Å². The average Bonchev–Trinajstić information content (AvgIpc) is 2.34. The summed E-state index contributed by atoms with van der Waals surface area (Å²) in [5, 5.41) is 3.50. The Morgan fingerprint density at radius 3 is 2.68 bits per heavy atom. The summed E-state index contributed by atoms with van der Waals surface area (Å²) in [6, 6.07) is 0.763. The van der Waals surface area contributed by atoms with Crippen molar-refractivity contribution in [2.24, 2.45) is 5.92 Å². The largest absolute Gasteiger partial charge is 0.411 e. The molecule has 1 aliphatic heterocycles. The summed E-state index contributed by atoms with van der Waals surface area (Å²) >= 11 is 0. The van der Waals surface area contributed by atoms with Crippen molar-refractivity contribution < 1.29 is 17.9 Å². The Morgan fingerprint density at radius 1 is 1.42 bits per heavy atom. The maximum Gasteiger partial charge on any atom is 0.411 e. The Bertz CT molecular complexity index is 261. The Balaban J connectivity index is 2.30. The summed E-state index contributed by atoms with van der Waals surface area (Å²) in [4.78, 5) is 2.21. The molecule has 0 aromatic carbocycles. The zero-order chi connectivity index (χ0) is 14.5. The maximum absolute atomic E-state index is 12.0. The summed E-state index contributed by atoms with van der Waals surface area (Å²) in [6.07, 6.45) is -3.13. The Kier molecular flexibility index (Phi) is 6.56. The van der Waals surface area contributed by atoms with Crippen LogP contribution < -0.4 is 5.32 Å². The normalized spacial score (nSPS) is 27.5. The third-order valence-corrected chi connectivity index (χ3v) is 3.85. The molecule has 1 N–H and O–H groups in total. The molecular formula is C13H25F3N2O. The Hall–Kier alpha value is -0.330. The van der Waals surface area contributed by atoms with E-state index in [0.29, 0.717) is 24.5 Å². The molecule has 1 aliphatic rings. The fraction of sp³-hybridized carbons (Fsp3) is 1.00. The molecule has 6 heteroatoms. The van der Waals surface area contributed by atoms with Gasteiger partial charge in [0.2, 0.25) is 0 Å². The van der Waals surface area contributed by atoms with Crippen LogP contribution in [0.25, 0.3) is 0 Å². The molecule has 0 amide bonds. The van der Waals surface area contributed by atoms with Gasteiger partial charge in [-0.15, -0.1) is 0 Å². The van der Waals surface area contributed by atoms with E-state index in [-0.39, 0.29) is 6.61 Å². The molecule has 3 nitrogen and oxygen atoms in total. The van der Waals surface area contributed by atoms with E-state index in [1.54, 1.807) is 0 Å². The summed E-state index contributed by atoms with van der Waals surface area (Å²) in [5.41, 5.74) is 0. The van der Waals surface area contributed by atoms with E-state index in [2.05, 4.69) is 35.7 Å². The van der Waals surface area contributed by atoms with Gasteiger partial charge in [0.1, 0.15) is 6.61 Å². The van der Waals surface area contributed by atoms with Crippen LogP contribution in [0.4, 0.5) is 13.2 Å². The summed E-state index contributed by atoms with van der Waals surface area (Å²) in [6.45, 7) is 7.75. The second kappa shape index (κ2) is 7.45. The van der Waals surface area contributed by atoms with Crippen LogP contribution in [0, 0.1) is 5.92 Å². The van der Waals surface area contributed by atoms with E-state index in [1.165, 1.54) is 0 Å². The third-order valence-electron chi connectivity index (χ3n) is 3.85. The highest BCUT2D eigenvalue weighted by atomic mass is 19.4. The van der Waals surface area contributed by atoms with Gasteiger partial charge in [-0.05, 0) is 12.8 Å². The molecule has 0 aromatic rings. The average molecular weight is 282 g/mol. The van der Waals surface area contributed by atoms with Crippen molar-refractivity contribution in [1.82, 2.24) is 10.2 Å². The monoisotopic (exact) mass is 282 g/mol. The van der Waals surface area contributed by atoms with Crippen LogP contribution in [0.2, 0.25) is 0 Å². The summed E-state index contributed by atoms with van der Waals surface area (Å²) in [5.74, 6) is 0.575. The molecule has 0 spiro atoms. The molecule has 114 valence electrons. The number of alkyl halides is 3. The van der Waals surface area contributed by atoms with E-state index < -0.39 is 12.8 Å². The fourth-order valence-corrected chi connectivity index (χ4v) is 2.30. The molecule has 1 saturated heterocycles. The molecule has 3 unspecified atom stereocenters. The lowest BCUT2D eigenvalue weighted by Crippen LogP contribution is -2.57. The van der Waals surface area contributed by atoms with Gasteiger partial charge in [0.15, 0.2) is 0 Å². The van der Waals surface area contributed by atoms with Crippen molar-refractivity contribution in [2.75, 3.05) is 32.8 Å². The smallest absolute Gasteiger partial charge is 0.371 e. The number of piperazine rings is 1. The lowest BCUT2D eigenvalue weighted by atomic mass is 9.96. The van der Waals surface area contributed by atoms with Crippen LogP contribution in [0.1, 0.15) is 27.2 Å². The molecule has 0 radical (unpaired) electrons. The van der Waals surface area contributed by atoms with Gasteiger partial charge in [-0.25, -0.2) is 0 Å². The standard InChI is InChI=1S/C13H25F3N2O/c1-4-10(2)12-8-18(11(3)7-17-12)5-6-19-9-13(14,15)16/h10-12,17H,4-9H2,1-3H3. The van der Waals surface area contributed by atoms with Crippen molar-refractivity contribution >= 4 is 0 Å². The molecule has 1 rings (SSSR count). The number of halogens is 3. The molecule has 19 heavy (non-hydrogen) atoms. The van der Waals surface area contributed by atoms with Crippen LogP contribution in [-0.2, 0) is 4.74 Å². The van der Waals surface area contributed by atoms with Gasteiger partial charge in [0.05, 0.1) is 6.61 Å². The van der Waals surface area contributed by atoms with Gasteiger partial charge < -0.3 is 10.1 Å². The number of nitrogens with one attached hydrogen (secondary N) is 1. The zero-order valence-corrected chi connectivity index (χ0v) is 12.0. The molecule has 1 heterocycles. The fourth-order valence-electron chi connectivity index (χ4n) is 2.30. The molecule has 0 saturated carbocycles. The van der Waals surface area contributed by atoms with Crippen LogP contribution >= 0.6 is 0 Å². The Labute approximate surface area is 113 Å². The quantitative estimate of drug-likeness (QED) is 0.756. The second-order valence-corrected chi connectivity index (χ2v) is 5.41. The van der Waals surface area contributed by atoms with E-state index in [1.807, 2.05) is 0 Å². The highest BCUT2D eigenvalue weighted by Crippen LogP contribution is 2.16. The lowest BCUT2D eigenvalue weighted by Gasteiger charge is -2.41. The number of ether oxygens (including phenoxy) is 1. The van der Waals surface area contributed by atoms with Crippen molar-refractivity contribution in [3.05, 3.63) is 0 Å². The molecule has 3 atom stereocenters. The van der Waals surface area contributed by atoms with Gasteiger partial charge in [-0.3, -0.25) is 4.90 Å². The van der Waals surface area contributed by atoms with Crippen LogP contribution in [0.15, 0.2) is 0 Å². The molecule has 0 aromatic heterocycles. The van der Waals surface area contributed by atoms with Crippen LogP contribution in [0.5, 0.6) is 0 Å². The maximum atomic E-state index is 12.0. The third kappa shape index (κ3) is 6.10. The Morgan fingerprint density at radius 2 is 2.11 bits per heavy atom. The van der Waals surface area contributed by atoms with E-state index >= 15 is 0 Å². The minimum atomic E-state index is -4.23. The van der Waals surface area contributed by atoms with Crippen molar-refractivity contribution in [3.8, 4) is 0 Å². The van der Waals surface area contributed by atoms with Gasteiger partial charge in [-0.2, -0.15) is 13.2 Å². The molecule has 0 bridgehead atoms. The topological polar surface area (TPSA) is 24.5 Å². The summed E-state index contributed by atoms with van der Waals surface area (Å²) in [7, 11) is 0. The first-order valence-corrected chi connectivity index (χ1v) is 6.95. The number of hydrogen-bond donors (Lipinski definition) is 1. The second-order valence-electron chi connectivity index (χ2n) is 5.41. The van der Waals surface area contributed by atoms with Crippen LogP contribution in [0.3, 0.4) is 0 Å². The van der Waals surface area contributed by atoms with E-state index in [0.717, 1.165) is 19.5 Å². The first-order valence-electron chi connectivity index (χ1n) is 6.95. The lowest BCUT2D eigenvalue weighted by molar-refractivity contribution is -0.175. The highest BCUT2D eigenvalue weighted by molar-refractivity contribution is 4.86.